The van der Waals surface area contributed by atoms with E-state index in [0.29, 0.717) is 31.1 Å². The predicted molar refractivity (Wildman–Crippen MR) is 132 cm³/mol. The number of ether oxygens (including phenoxy) is 2. The summed E-state index contributed by atoms with van der Waals surface area (Å²) < 4.78 is 12.1. The number of benzene rings is 3. The van der Waals surface area contributed by atoms with Crippen LogP contribution in [0, 0.1) is 24.0 Å². The van der Waals surface area contributed by atoms with E-state index in [2.05, 4.69) is 50.0 Å². The van der Waals surface area contributed by atoms with Gasteiger partial charge in [0.05, 0.1) is 11.5 Å². The molecule has 0 aliphatic rings. The second kappa shape index (κ2) is 11.2. The molecule has 0 atom stereocenters. The average molecular weight is 447 g/mol. The molecule has 0 spiro atoms. The predicted octanol–water partition coefficient (Wildman–Crippen LogP) is 6.53. The fourth-order valence-corrected chi connectivity index (χ4v) is 3.57. The third kappa shape index (κ3) is 6.13. The number of hydrogen-bond donors (Lipinski definition) is 1. The molecule has 0 bridgehead atoms. The van der Waals surface area contributed by atoms with Gasteiger partial charge < -0.3 is 14.8 Å². The Kier molecular flexibility index (Phi) is 8.08. The van der Waals surface area contributed by atoms with Gasteiger partial charge in [0.2, 0.25) is 0 Å². The van der Waals surface area contributed by atoms with Crippen LogP contribution in [0.25, 0.3) is 0 Å². The number of allylic oxidation sites excluding steroid dienone is 1. The second-order valence-electron chi connectivity index (χ2n) is 7.82. The molecule has 6 nitrogen and oxygen atoms in total. The van der Waals surface area contributed by atoms with Crippen LogP contribution >= 0.6 is 0 Å². The Balaban J connectivity index is 1.83. The van der Waals surface area contributed by atoms with Gasteiger partial charge in [0.1, 0.15) is 6.61 Å². The summed E-state index contributed by atoms with van der Waals surface area (Å²) in [5.41, 5.74) is 6.55. The SMILES string of the molecule is C=CCc1cc(CNc2cccc(C)c2C)cc(OCC)c1OCc1ccc([N+](=O)[O-])cc1. The molecule has 0 radical (unpaired) electrons. The highest BCUT2D eigenvalue weighted by molar-refractivity contribution is 5.55. The van der Waals surface area contributed by atoms with E-state index in [1.54, 1.807) is 12.1 Å². The number of nitrogens with one attached hydrogen (secondary N) is 1. The van der Waals surface area contributed by atoms with E-state index >= 15 is 0 Å². The Morgan fingerprint density at radius 2 is 1.82 bits per heavy atom. The van der Waals surface area contributed by atoms with E-state index in [4.69, 9.17) is 9.47 Å². The van der Waals surface area contributed by atoms with Crippen LogP contribution in [0.2, 0.25) is 0 Å². The molecule has 0 saturated heterocycles. The smallest absolute Gasteiger partial charge is 0.269 e. The average Bonchev–Trinajstić information content (AvgIpc) is 2.80. The van der Waals surface area contributed by atoms with Crippen molar-refractivity contribution in [3.05, 3.63) is 105 Å². The van der Waals surface area contributed by atoms with E-state index in [1.807, 2.05) is 19.1 Å². The third-order valence-corrected chi connectivity index (χ3v) is 5.47. The molecule has 172 valence electrons. The summed E-state index contributed by atoms with van der Waals surface area (Å²) in [7, 11) is 0. The molecule has 3 aromatic rings. The zero-order valence-electron chi connectivity index (χ0n) is 19.4. The number of nitrogens with zero attached hydrogens (tertiary/aromatic N) is 1. The van der Waals surface area contributed by atoms with Gasteiger partial charge in [-0.1, -0.05) is 18.2 Å². The molecule has 6 heteroatoms. The van der Waals surface area contributed by atoms with Crippen LogP contribution in [0.1, 0.15) is 34.7 Å². The topological polar surface area (TPSA) is 73.6 Å². The van der Waals surface area contributed by atoms with Crippen LogP contribution in [-0.4, -0.2) is 11.5 Å². The summed E-state index contributed by atoms with van der Waals surface area (Å²) >= 11 is 0. The minimum atomic E-state index is -0.412. The monoisotopic (exact) mass is 446 g/mol. The standard InChI is InChI=1S/C27H30N2O4/c1-5-8-23-15-22(17-28-25-10-7-9-19(3)20(25)4)16-26(32-6-2)27(23)33-18-21-11-13-24(14-12-21)29(30)31/h5,7,9-16,28H,1,6,8,17-18H2,2-4H3. The molecule has 3 rings (SSSR count). The second-order valence-corrected chi connectivity index (χ2v) is 7.82. The number of anilines is 1. The Bertz CT molecular complexity index is 1120. The minimum Gasteiger partial charge on any atom is -0.490 e. The van der Waals surface area contributed by atoms with Crippen molar-refractivity contribution in [3.8, 4) is 11.5 Å². The van der Waals surface area contributed by atoms with Crippen molar-refractivity contribution < 1.29 is 14.4 Å². The van der Waals surface area contributed by atoms with Gasteiger partial charge in [-0.2, -0.15) is 0 Å². The van der Waals surface area contributed by atoms with Crippen LogP contribution in [-0.2, 0) is 19.6 Å². The van der Waals surface area contributed by atoms with Gasteiger partial charge in [-0.25, -0.2) is 0 Å². The van der Waals surface area contributed by atoms with Gasteiger partial charge in [0, 0.05) is 29.9 Å². The maximum absolute atomic E-state index is 10.9. The first kappa shape index (κ1) is 23.9. The molecule has 0 aliphatic heterocycles. The van der Waals surface area contributed by atoms with Crippen LogP contribution in [0.4, 0.5) is 11.4 Å². The maximum Gasteiger partial charge on any atom is 0.269 e. The summed E-state index contributed by atoms with van der Waals surface area (Å²) in [6.07, 6.45) is 2.47. The third-order valence-electron chi connectivity index (χ3n) is 5.47. The van der Waals surface area contributed by atoms with Crippen molar-refractivity contribution in [3.63, 3.8) is 0 Å². The first-order valence-electron chi connectivity index (χ1n) is 11.0. The number of rotatable bonds is 11. The maximum atomic E-state index is 10.9. The number of nitro groups is 1. The van der Waals surface area contributed by atoms with Gasteiger partial charge >= 0.3 is 0 Å². The number of aryl methyl sites for hydroxylation is 1. The number of nitro benzene ring substituents is 1. The molecule has 33 heavy (non-hydrogen) atoms. The van der Waals surface area contributed by atoms with Gasteiger partial charge in [0.15, 0.2) is 11.5 Å². The summed E-state index contributed by atoms with van der Waals surface area (Å²) in [5.74, 6) is 1.35. The fourth-order valence-electron chi connectivity index (χ4n) is 3.57. The van der Waals surface area contributed by atoms with Gasteiger partial charge in [-0.05, 0) is 79.8 Å². The Morgan fingerprint density at radius 1 is 1.06 bits per heavy atom. The normalized spacial score (nSPS) is 10.5. The molecule has 0 unspecified atom stereocenters. The Labute approximate surface area is 195 Å². The van der Waals surface area contributed by atoms with Crippen LogP contribution in [0.3, 0.4) is 0 Å². The molecule has 0 fully saturated rings. The van der Waals surface area contributed by atoms with E-state index in [9.17, 15) is 10.1 Å². The van der Waals surface area contributed by atoms with Crippen molar-refractivity contribution in [1.82, 2.24) is 0 Å². The minimum absolute atomic E-state index is 0.0572. The van der Waals surface area contributed by atoms with E-state index in [0.717, 1.165) is 22.4 Å². The van der Waals surface area contributed by atoms with E-state index in [-0.39, 0.29) is 12.3 Å². The lowest BCUT2D eigenvalue weighted by molar-refractivity contribution is -0.384. The molecular weight excluding hydrogens is 416 g/mol. The Morgan fingerprint density at radius 3 is 2.48 bits per heavy atom. The molecule has 3 aromatic carbocycles. The van der Waals surface area contributed by atoms with Crippen LogP contribution < -0.4 is 14.8 Å². The lowest BCUT2D eigenvalue weighted by Crippen LogP contribution is -2.06. The molecule has 0 saturated carbocycles. The Hall–Kier alpha value is -3.80. The largest absolute Gasteiger partial charge is 0.490 e. The quantitative estimate of drug-likeness (QED) is 0.206. The number of hydrogen-bond acceptors (Lipinski definition) is 5. The zero-order valence-corrected chi connectivity index (χ0v) is 19.4. The molecule has 0 aromatic heterocycles. The van der Waals surface area contributed by atoms with Gasteiger partial charge in [-0.3, -0.25) is 10.1 Å². The van der Waals surface area contributed by atoms with Crippen molar-refractivity contribution in [2.75, 3.05) is 11.9 Å². The molecule has 1 N–H and O–H groups in total. The fraction of sp³-hybridized carbons (Fsp3) is 0.259. The highest BCUT2D eigenvalue weighted by Gasteiger charge is 2.14. The molecular formula is C27H30N2O4. The number of non-ortho nitro benzene ring substituents is 1. The molecule has 0 amide bonds. The summed E-state index contributed by atoms with van der Waals surface area (Å²) in [6.45, 7) is 11.5. The van der Waals surface area contributed by atoms with Crippen molar-refractivity contribution >= 4 is 11.4 Å². The summed E-state index contributed by atoms with van der Waals surface area (Å²) in [6, 6.07) is 16.7. The van der Waals surface area contributed by atoms with Crippen LogP contribution in [0.15, 0.2) is 67.3 Å². The summed E-state index contributed by atoms with van der Waals surface area (Å²) in [5, 5.41) is 14.4. The van der Waals surface area contributed by atoms with Gasteiger partial charge in [0.25, 0.3) is 5.69 Å². The highest BCUT2D eigenvalue weighted by atomic mass is 16.6. The lowest BCUT2D eigenvalue weighted by Gasteiger charge is -2.18. The van der Waals surface area contributed by atoms with E-state index < -0.39 is 4.92 Å². The highest BCUT2D eigenvalue weighted by Crippen LogP contribution is 2.35. The van der Waals surface area contributed by atoms with Crippen molar-refractivity contribution in [2.45, 2.75) is 40.3 Å². The first-order chi connectivity index (χ1) is 15.9. The molecule has 0 aliphatic carbocycles. The summed E-state index contributed by atoms with van der Waals surface area (Å²) in [4.78, 5) is 10.5. The van der Waals surface area contributed by atoms with Crippen molar-refractivity contribution in [2.24, 2.45) is 0 Å². The lowest BCUT2D eigenvalue weighted by atomic mass is 10.0. The van der Waals surface area contributed by atoms with Crippen molar-refractivity contribution in [1.29, 1.82) is 0 Å². The first-order valence-corrected chi connectivity index (χ1v) is 11.0. The zero-order chi connectivity index (χ0) is 23.8. The van der Waals surface area contributed by atoms with Crippen LogP contribution in [0.5, 0.6) is 11.5 Å². The molecule has 0 heterocycles. The van der Waals surface area contributed by atoms with E-state index in [1.165, 1.54) is 23.3 Å². The van der Waals surface area contributed by atoms with Gasteiger partial charge in [-0.15, -0.1) is 6.58 Å².